The fourth-order valence-electron chi connectivity index (χ4n) is 3.29. The smallest absolute Gasteiger partial charge is 0.287 e. The molecule has 4 aromatic rings. The fraction of sp³-hybridized carbons (Fsp3) is 0.238. The maximum Gasteiger partial charge on any atom is 0.287 e. The quantitative estimate of drug-likeness (QED) is 0.541. The van der Waals surface area contributed by atoms with Gasteiger partial charge in [0.05, 0.1) is 17.1 Å². The van der Waals surface area contributed by atoms with E-state index >= 15 is 0 Å². The van der Waals surface area contributed by atoms with Crippen LogP contribution in [0.1, 0.15) is 41.8 Å². The number of aryl methyl sites for hydroxylation is 1. The number of amides is 1. The summed E-state index contributed by atoms with van der Waals surface area (Å²) in [6.45, 7) is 5.78. The zero-order valence-electron chi connectivity index (χ0n) is 15.3. The molecular weight excluding hydrogens is 345 g/mol. The topological polar surface area (TPSA) is 70.9 Å². The first-order chi connectivity index (χ1) is 12.9. The average Bonchev–Trinajstić information content (AvgIpc) is 3.20. The molecule has 0 aliphatic heterocycles. The summed E-state index contributed by atoms with van der Waals surface area (Å²) in [4.78, 5) is 20.8. The van der Waals surface area contributed by atoms with Crippen LogP contribution in [0.5, 0.6) is 0 Å². The summed E-state index contributed by atoms with van der Waals surface area (Å²) < 4.78 is 19.2. The van der Waals surface area contributed by atoms with Gasteiger partial charge in [-0.3, -0.25) is 4.79 Å². The van der Waals surface area contributed by atoms with Crippen LogP contribution in [0.4, 0.5) is 4.39 Å². The molecule has 1 atom stereocenters. The van der Waals surface area contributed by atoms with Crippen LogP contribution >= 0.6 is 0 Å². The zero-order valence-corrected chi connectivity index (χ0v) is 15.3. The Balaban J connectivity index is 1.67. The SMILES string of the molecule is Cc1c(C(=O)N[C@H](c2nc3ccccc3[nH]2)C(C)C)oc2ccc(F)cc12. The number of aromatic nitrogens is 2. The molecule has 0 saturated carbocycles. The summed E-state index contributed by atoms with van der Waals surface area (Å²) in [6.07, 6.45) is 0. The summed E-state index contributed by atoms with van der Waals surface area (Å²) in [7, 11) is 0. The maximum absolute atomic E-state index is 13.5. The summed E-state index contributed by atoms with van der Waals surface area (Å²) in [5.41, 5.74) is 2.88. The van der Waals surface area contributed by atoms with E-state index in [4.69, 9.17) is 4.42 Å². The van der Waals surface area contributed by atoms with Crippen molar-refractivity contribution in [2.45, 2.75) is 26.8 Å². The average molecular weight is 365 g/mol. The van der Waals surface area contributed by atoms with Gasteiger partial charge in [0.25, 0.3) is 5.91 Å². The number of furan rings is 1. The molecule has 0 unspecified atom stereocenters. The van der Waals surface area contributed by atoms with Crippen molar-refractivity contribution >= 4 is 27.9 Å². The molecule has 0 spiro atoms. The van der Waals surface area contributed by atoms with Crippen molar-refractivity contribution in [3.05, 3.63) is 65.4 Å². The maximum atomic E-state index is 13.5. The number of aromatic amines is 1. The molecule has 0 aliphatic carbocycles. The van der Waals surface area contributed by atoms with Gasteiger partial charge in [-0.2, -0.15) is 0 Å². The van der Waals surface area contributed by atoms with Gasteiger partial charge in [0.2, 0.25) is 0 Å². The second-order valence-electron chi connectivity index (χ2n) is 7.03. The zero-order chi connectivity index (χ0) is 19.1. The van der Waals surface area contributed by atoms with Gasteiger partial charge >= 0.3 is 0 Å². The minimum atomic E-state index is -0.360. The molecule has 0 bridgehead atoms. The Hall–Kier alpha value is -3.15. The summed E-state index contributed by atoms with van der Waals surface area (Å²) in [5.74, 6) is 0.289. The molecule has 0 saturated heterocycles. The first kappa shape index (κ1) is 17.3. The number of nitrogens with one attached hydrogen (secondary N) is 2. The van der Waals surface area contributed by atoms with E-state index in [0.29, 0.717) is 22.4 Å². The molecule has 138 valence electrons. The van der Waals surface area contributed by atoms with Gasteiger partial charge in [-0.25, -0.2) is 9.37 Å². The van der Waals surface area contributed by atoms with E-state index in [2.05, 4.69) is 15.3 Å². The molecule has 2 heterocycles. The number of benzene rings is 2. The number of nitrogens with zero attached hydrogens (tertiary/aromatic N) is 1. The van der Waals surface area contributed by atoms with E-state index in [-0.39, 0.29) is 29.4 Å². The van der Waals surface area contributed by atoms with Gasteiger partial charge in [0, 0.05) is 10.9 Å². The Morgan fingerprint density at radius 1 is 1.22 bits per heavy atom. The molecule has 2 aromatic carbocycles. The van der Waals surface area contributed by atoms with Crippen molar-refractivity contribution in [3.8, 4) is 0 Å². The van der Waals surface area contributed by atoms with Gasteiger partial charge in [-0.05, 0) is 43.2 Å². The Bertz CT molecular complexity index is 1110. The third-order valence-electron chi connectivity index (χ3n) is 4.76. The lowest BCUT2D eigenvalue weighted by Gasteiger charge is -2.19. The van der Waals surface area contributed by atoms with E-state index in [1.54, 1.807) is 6.92 Å². The Kier molecular flexibility index (Phi) is 4.18. The minimum absolute atomic E-state index is 0.108. The van der Waals surface area contributed by atoms with E-state index in [1.807, 2.05) is 38.1 Å². The monoisotopic (exact) mass is 365 g/mol. The lowest BCUT2D eigenvalue weighted by molar-refractivity contribution is 0.0896. The molecular formula is C21H20FN3O2. The number of halogens is 1. The predicted molar refractivity (Wildman–Crippen MR) is 102 cm³/mol. The Morgan fingerprint density at radius 2 is 2.00 bits per heavy atom. The molecule has 0 radical (unpaired) electrons. The minimum Gasteiger partial charge on any atom is -0.451 e. The summed E-state index contributed by atoms with van der Waals surface area (Å²) >= 11 is 0. The number of para-hydroxylation sites is 2. The first-order valence-electron chi connectivity index (χ1n) is 8.88. The predicted octanol–water partition coefficient (Wildman–Crippen LogP) is 4.88. The fourth-order valence-corrected chi connectivity index (χ4v) is 3.29. The van der Waals surface area contributed by atoms with Gasteiger partial charge in [-0.15, -0.1) is 0 Å². The van der Waals surface area contributed by atoms with Gasteiger partial charge in [0.15, 0.2) is 5.76 Å². The van der Waals surface area contributed by atoms with Crippen LogP contribution in [0, 0.1) is 18.7 Å². The number of imidazole rings is 1. The highest BCUT2D eigenvalue weighted by Crippen LogP contribution is 2.28. The van der Waals surface area contributed by atoms with Crippen molar-refractivity contribution in [1.29, 1.82) is 0 Å². The Morgan fingerprint density at radius 3 is 2.74 bits per heavy atom. The first-order valence-corrected chi connectivity index (χ1v) is 8.88. The third-order valence-corrected chi connectivity index (χ3v) is 4.76. The molecule has 0 fully saturated rings. The summed E-state index contributed by atoms with van der Waals surface area (Å²) in [6, 6.07) is 11.6. The van der Waals surface area contributed by atoms with Crippen LogP contribution in [0.25, 0.3) is 22.0 Å². The van der Waals surface area contributed by atoms with E-state index in [9.17, 15) is 9.18 Å². The number of carbonyl (C=O) groups excluding carboxylic acids is 1. The number of hydrogen-bond acceptors (Lipinski definition) is 3. The van der Waals surface area contributed by atoms with E-state index < -0.39 is 0 Å². The second-order valence-corrected chi connectivity index (χ2v) is 7.03. The highest BCUT2D eigenvalue weighted by molar-refractivity contribution is 5.99. The van der Waals surface area contributed by atoms with E-state index in [1.165, 1.54) is 18.2 Å². The van der Waals surface area contributed by atoms with Crippen molar-refractivity contribution < 1.29 is 13.6 Å². The standard InChI is InChI=1S/C21H20FN3O2/c1-11(2)18(20-23-15-6-4-5-7-16(15)24-20)25-21(26)19-12(3)14-10-13(22)8-9-17(14)27-19/h4-11,18H,1-3H3,(H,23,24)(H,25,26)/t18-/m0/s1. The van der Waals surface area contributed by atoms with Gasteiger partial charge in [0.1, 0.15) is 17.2 Å². The number of hydrogen-bond donors (Lipinski definition) is 2. The van der Waals surface area contributed by atoms with E-state index in [0.717, 1.165) is 11.0 Å². The number of fused-ring (bicyclic) bond motifs is 2. The third kappa shape index (κ3) is 3.07. The molecule has 6 heteroatoms. The molecule has 27 heavy (non-hydrogen) atoms. The van der Waals surface area contributed by atoms with Crippen molar-refractivity contribution in [2.24, 2.45) is 5.92 Å². The molecule has 2 N–H and O–H groups in total. The highest BCUT2D eigenvalue weighted by Gasteiger charge is 2.25. The van der Waals surface area contributed by atoms with Crippen LogP contribution in [0.3, 0.4) is 0 Å². The van der Waals surface area contributed by atoms with Crippen LogP contribution in [-0.4, -0.2) is 15.9 Å². The molecule has 4 rings (SSSR count). The lowest BCUT2D eigenvalue weighted by atomic mass is 10.0. The van der Waals surface area contributed by atoms with Crippen LogP contribution in [0.2, 0.25) is 0 Å². The normalized spacial score (nSPS) is 12.8. The van der Waals surface area contributed by atoms with Crippen LogP contribution in [0.15, 0.2) is 46.9 Å². The van der Waals surface area contributed by atoms with Crippen LogP contribution < -0.4 is 5.32 Å². The van der Waals surface area contributed by atoms with Crippen molar-refractivity contribution in [3.63, 3.8) is 0 Å². The van der Waals surface area contributed by atoms with Crippen molar-refractivity contribution in [1.82, 2.24) is 15.3 Å². The Labute approximate surface area is 155 Å². The molecule has 2 aromatic heterocycles. The number of H-pyrrole nitrogens is 1. The lowest BCUT2D eigenvalue weighted by Crippen LogP contribution is -2.32. The number of rotatable bonds is 4. The molecule has 0 aliphatic rings. The molecule has 1 amide bonds. The summed E-state index contributed by atoms with van der Waals surface area (Å²) in [5, 5.41) is 3.61. The highest BCUT2D eigenvalue weighted by atomic mass is 19.1. The second kappa shape index (κ2) is 6.54. The van der Waals surface area contributed by atoms with Gasteiger partial charge in [-0.1, -0.05) is 26.0 Å². The number of carbonyl (C=O) groups is 1. The van der Waals surface area contributed by atoms with Gasteiger partial charge < -0.3 is 14.7 Å². The largest absolute Gasteiger partial charge is 0.451 e. The van der Waals surface area contributed by atoms with Crippen LogP contribution in [-0.2, 0) is 0 Å². The van der Waals surface area contributed by atoms with Crippen molar-refractivity contribution in [2.75, 3.05) is 0 Å². The molecule has 5 nitrogen and oxygen atoms in total.